The molecule has 0 aromatic heterocycles. The van der Waals surface area contributed by atoms with Gasteiger partial charge in [0.1, 0.15) is 0 Å². The molecule has 0 radical (unpaired) electrons. The average molecular weight is 312 g/mol. The lowest BCUT2D eigenvalue weighted by atomic mass is 10.2. The molecule has 0 bridgehead atoms. The Kier molecular flexibility index (Phi) is 4.65. The minimum absolute atomic E-state index is 0.0816. The number of sulfonamides is 1. The van der Waals surface area contributed by atoms with Gasteiger partial charge in [0.15, 0.2) is 0 Å². The Labute approximate surface area is 125 Å². The van der Waals surface area contributed by atoms with Crippen LogP contribution in [0, 0.1) is 0 Å². The number of carboxylic acid groups (broad SMARTS) is 1. The van der Waals surface area contributed by atoms with Crippen LogP contribution in [-0.2, 0) is 10.0 Å². The van der Waals surface area contributed by atoms with E-state index in [1.807, 2.05) is 6.92 Å². The molecule has 0 spiro atoms. The van der Waals surface area contributed by atoms with Crippen LogP contribution in [0.4, 0.5) is 0 Å². The molecule has 1 aromatic carbocycles. The number of aromatic carboxylic acids is 1. The van der Waals surface area contributed by atoms with E-state index in [9.17, 15) is 13.2 Å². The van der Waals surface area contributed by atoms with Gasteiger partial charge in [-0.2, -0.15) is 4.31 Å². The fourth-order valence-corrected chi connectivity index (χ4v) is 4.08. The lowest BCUT2D eigenvalue weighted by Gasteiger charge is -2.38. The third kappa shape index (κ3) is 3.25. The van der Waals surface area contributed by atoms with Crippen molar-refractivity contribution in [2.24, 2.45) is 0 Å². The minimum Gasteiger partial charge on any atom is -0.478 e. The molecular formula is C14H20N2O4S. The molecule has 7 heteroatoms. The quantitative estimate of drug-likeness (QED) is 0.901. The second kappa shape index (κ2) is 6.13. The standard InChI is InChI=1S/C14H20N2O4S/c1-3-15-8-9-16(10-11(15)2)21(19,20)13-6-4-12(5-7-13)14(17)18/h4-7,11H,3,8-10H2,1-2H3,(H,17,18). The van der Waals surface area contributed by atoms with Gasteiger partial charge in [0.2, 0.25) is 10.0 Å². The second-order valence-electron chi connectivity index (χ2n) is 5.17. The van der Waals surface area contributed by atoms with Crippen LogP contribution in [0.3, 0.4) is 0 Å². The van der Waals surface area contributed by atoms with E-state index in [1.54, 1.807) is 0 Å². The number of nitrogens with zero attached hydrogens (tertiary/aromatic N) is 2. The first-order valence-electron chi connectivity index (χ1n) is 6.93. The average Bonchev–Trinajstić information content (AvgIpc) is 2.47. The van der Waals surface area contributed by atoms with Crippen LogP contribution in [0.15, 0.2) is 29.2 Å². The molecule has 1 heterocycles. The van der Waals surface area contributed by atoms with Crippen LogP contribution in [0.1, 0.15) is 24.2 Å². The van der Waals surface area contributed by atoms with Gasteiger partial charge in [0.05, 0.1) is 10.5 Å². The summed E-state index contributed by atoms with van der Waals surface area (Å²) in [6.45, 7) is 6.61. The van der Waals surface area contributed by atoms with Crippen molar-refractivity contribution in [2.45, 2.75) is 24.8 Å². The fraction of sp³-hybridized carbons (Fsp3) is 0.500. The molecule has 1 N–H and O–H groups in total. The van der Waals surface area contributed by atoms with Crippen LogP contribution in [-0.4, -0.2) is 60.9 Å². The first kappa shape index (κ1) is 15.9. The zero-order valence-corrected chi connectivity index (χ0v) is 13.0. The summed E-state index contributed by atoms with van der Waals surface area (Å²) in [5, 5.41) is 8.85. The minimum atomic E-state index is -3.56. The van der Waals surface area contributed by atoms with Gasteiger partial charge >= 0.3 is 5.97 Å². The van der Waals surface area contributed by atoms with E-state index in [0.29, 0.717) is 19.6 Å². The van der Waals surface area contributed by atoms with Crippen molar-refractivity contribution < 1.29 is 18.3 Å². The summed E-state index contributed by atoms with van der Waals surface area (Å²) in [5.74, 6) is -1.07. The van der Waals surface area contributed by atoms with Gasteiger partial charge in [-0.1, -0.05) is 6.92 Å². The predicted octanol–water partition coefficient (Wildman–Crippen LogP) is 1.10. The molecule has 6 nitrogen and oxygen atoms in total. The summed E-state index contributed by atoms with van der Waals surface area (Å²) in [5.41, 5.74) is 0.0816. The van der Waals surface area contributed by atoms with Gasteiger partial charge in [-0.15, -0.1) is 0 Å². The second-order valence-corrected chi connectivity index (χ2v) is 7.11. The summed E-state index contributed by atoms with van der Waals surface area (Å²) in [7, 11) is -3.56. The summed E-state index contributed by atoms with van der Waals surface area (Å²) < 4.78 is 26.6. The van der Waals surface area contributed by atoms with Crippen molar-refractivity contribution in [3.63, 3.8) is 0 Å². The van der Waals surface area contributed by atoms with E-state index in [2.05, 4.69) is 11.8 Å². The van der Waals surface area contributed by atoms with Crippen LogP contribution < -0.4 is 0 Å². The molecule has 1 fully saturated rings. The van der Waals surface area contributed by atoms with Gasteiger partial charge < -0.3 is 5.11 Å². The molecule has 1 unspecified atom stereocenters. The van der Waals surface area contributed by atoms with Crippen molar-refractivity contribution in [3.05, 3.63) is 29.8 Å². The van der Waals surface area contributed by atoms with E-state index >= 15 is 0 Å². The molecule has 1 saturated heterocycles. The lowest BCUT2D eigenvalue weighted by molar-refractivity contribution is 0.0696. The Morgan fingerprint density at radius 1 is 1.29 bits per heavy atom. The number of hydrogen-bond acceptors (Lipinski definition) is 4. The van der Waals surface area contributed by atoms with E-state index < -0.39 is 16.0 Å². The Morgan fingerprint density at radius 3 is 2.38 bits per heavy atom. The van der Waals surface area contributed by atoms with Crippen molar-refractivity contribution in [1.29, 1.82) is 0 Å². The Bertz CT molecular complexity index is 612. The Morgan fingerprint density at radius 2 is 1.90 bits per heavy atom. The third-order valence-electron chi connectivity index (χ3n) is 3.87. The van der Waals surface area contributed by atoms with Gasteiger partial charge in [-0.25, -0.2) is 13.2 Å². The molecule has 0 saturated carbocycles. The molecule has 0 amide bonds. The summed E-state index contributed by atoms with van der Waals surface area (Å²) in [6, 6.07) is 5.53. The molecule has 2 rings (SSSR count). The number of rotatable bonds is 4. The first-order chi connectivity index (χ1) is 9.86. The predicted molar refractivity (Wildman–Crippen MR) is 78.9 cm³/mol. The van der Waals surface area contributed by atoms with E-state index in [-0.39, 0.29) is 16.5 Å². The molecule has 1 aliphatic rings. The molecule has 0 aliphatic carbocycles. The van der Waals surface area contributed by atoms with Gasteiger partial charge in [-0.05, 0) is 37.7 Å². The van der Waals surface area contributed by atoms with Gasteiger partial charge in [0.25, 0.3) is 0 Å². The number of carbonyl (C=O) groups is 1. The Hall–Kier alpha value is -1.44. The molecule has 1 aromatic rings. The summed E-state index contributed by atoms with van der Waals surface area (Å²) in [4.78, 5) is 13.2. The van der Waals surface area contributed by atoms with Gasteiger partial charge in [-0.3, -0.25) is 4.90 Å². The molecular weight excluding hydrogens is 292 g/mol. The topological polar surface area (TPSA) is 77.9 Å². The van der Waals surface area contributed by atoms with E-state index in [4.69, 9.17) is 5.11 Å². The Balaban J connectivity index is 2.20. The number of likely N-dealkylation sites (N-methyl/N-ethyl adjacent to an activating group) is 1. The summed E-state index contributed by atoms with van der Waals surface area (Å²) >= 11 is 0. The SMILES string of the molecule is CCN1CCN(S(=O)(=O)c2ccc(C(=O)O)cc2)CC1C. The molecule has 116 valence electrons. The van der Waals surface area contributed by atoms with Gasteiger partial charge in [0, 0.05) is 25.7 Å². The third-order valence-corrected chi connectivity index (χ3v) is 5.75. The zero-order valence-electron chi connectivity index (χ0n) is 12.2. The maximum absolute atomic E-state index is 12.6. The maximum Gasteiger partial charge on any atom is 0.335 e. The number of benzene rings is 1. The highest BCUT2D eigenvalue weighted by Crippen LogP contribution is 2.20. The van der Waals surface area contributed by atoms with E-state index in [0.717, 1.165) is 6.54 Å². The van der Waals surface area contributed by atoms with Crippen molar-refractivity contribution in [1.82, 2.24) is 9.21 Å². The number of carboxylic acids is 1. The van der Waals surface area contributed by atoms with Crippen LogP contribution in [0.5, 0.6) is 0 Å². The normalized spacial score (nSPS) is 21.3. The lowest BCUT2D eigenvalue weighted by Crippen LogP contribution is -2.53. The highest BCUT2D eigenvalue weighted by Gasteiger charge is 2.31. The maximum atomic E-state index is 12.6. The van der Waals surface area contributed by atoms with Crippen LogP contribution in [0.25, 0.3) is 0 Å². The van der Waals surface area contributed by atoms with Crippen molar-refractivity contribution >= 4 is 16.0 Å². The van der Waals surface area contributed by atoms with Crippen molar-refractivity contribution in [2.75, 3.05) is 26.2 Å². The summed E-state index contributed by atoms with van der Waals surface area (Å²) in [6.07, 6.45) is 0. The first-order valence-corrected chi connectivity index (χ1v) is 8.38. The smallest absolute Gasteiger partial charge is 0.335 e. The van der Waals surface area contributed by atoms with Crippen LogP contribution >= 0.6 is 0 Å². The highest BCUT2D eigenvalue weighted by molar-refractivity contribution is 7.89. The fourth-order valence-electron chi connectivity index (χ4n) is 2.57. The number of piperazine rings is 1. The van der Waals surface area contributed by atoms with E-state index in [1.165, 1.54) is 28.6 Å². The molecule has 21 heavy (non-hydrogen) atoms. The van der Waals surface area contributed by atoms with Crippen LogP contribution in [0.2, 0.25) is 0 Å². The zero-order chi connectivity index (χ0) is 15.6. The number of hydrogen-bond donors (Lipinski definition) is 1. The molecule has 1 aliphatic heterocycles. The highest BCUT2D eigenvalue weighted by atomic mass is 32.2. The molecule has 1 atom stereocenters. The largest absolute Gasteiger partial charge is 0.478 e. The van der Waals surface area contributed by atoms with Crippen molar-refractivity contribution in [3.8, 4) is 0 Å². The monoisotopic (exact) mass is 312 g/mol.